The van der Waals surface area contributed by atoms with Crippen LogP contribution < -0.4 is 5.73 Å². The number of H-pyrrole nitrogens is 1. The molecule has 5 nitrogen and oxygen atoms in total. The molecule has 3 N–H and O–H groups in total. The first-order valence-electron chi connectivity index (χ1n) is 6.79. The average molecular weight is 270 g/mol. The molecule has 0 aliphatic heterocycles. The van der Waals surface area contributed by atoms with Crippen molar-refractivity contribution in [3.63, 3.8) is 0 Å². The zero-order chi connectivity index (χ0) is 14.1. The van der Waals surface area contributed by atoms with E-state index in [2.05, 4.69) is 21.2 Å². The van der Waals surface area contributed by atoms with Crippen LogP contribution in [0.3, 0.4) is 0 Å². The highest BCUT2D eigenvalue weighted by atomic mass is 16.5. The standard InChI is InChI=1S/C15H18N4O/c1-9(2)14-18-15(20-19-14)12(16)7-10-8-17-13-6-4-3-5-11(10)13/h3-6,8-9,12,17H,7,16H2,1-2H3/t12-/m1/s1. The Morgan fingerprint density at radius 2 is 2.10 bits per heavy atom. The quantitative estimate of drug-likeness (QED) is 0.763. The summed E-state index contributed by atoms with van der Waals surface area (Å²) >= 11 is 0. The number of hydrogen-bond donors (Lipinski definition) is 2. The van der Waals surface area contributed by atoms with Gasteiger partial charge in [-0.2, -0.15) is 4.98 Å². The normalized spacial score (nSPS) is 13.2. The van der Waals surface area contributed by atoms with E-state index in [4.69, 9.17) is 10.3 Å². The van der Waals surface area contributed by atoms with Crippen molar-refractivity contribution in [2.45, 2.75) is 32.2 Å². The van der Waals surface area contributed by atoms with Gasteiger partial charge >= 0.3 is 0 Å². The summed E-state index contributed by atoms with van der Waals surface area (Å²) in [4.78, 5) is 7.60. The van der Waals surface area contributed by atoms with E-state index in [0.717, 1.165) is 11.1 Å². The molecule has 0 aliphatic rings. The molecule has 5 heteroatoms. The highest BCUT2D eigenvalue weighted by Crippen LogP contribution is 2.23. The predicted molar refractivity (Wildman–Crippen MR) is 77.3 cm³/mol. The Balaban J connectivity index is 1.82. The highest BCUT2D eigenvalue weighted by Gasteiger charge is 2.18. The molecule has 0 saturated carbocycles. The van der Waals surface area contributed by atoms with Crippen molar-refractivity contribution in [1.29, 1.82) is 0 Å². The molecule has 1 aromatic carbocycles. The van der Waals surface area contributed by atoms with E-state index >= 15 is 0 Å². The van der Waals surface area contributed by atoms with Gasteiger partial charge in [-0.15, -0.1) is 0 Å². The number of rotatable bonds is 4. The lowest BCUT2D eigenvalue weighted by Gasteiger charge is -2.05. The monoisotopic (exact) mass is 270 g/mol. The minimum absolute atomic E-state index is 0.243. The molecule has 0 spiro atoms. The first-order valence-corrected chi connectivity index (χ1v) is 6.79. The second kappa shape index (κ2) is 5.09. The average Bonchev–Trinajstić information content (AvgIpc) is 3.06. The van der Waals surface area contributed by atoms with Crippen LogP contribution in [0.25, 0.3) is 10.9 Å². The predicted octanol–water partition coefficient (Wildman–Crippen LogP) is 2.92. The molecular weight excluding hydrogens is 252 g/mol. The molecular formula is C15H18N4O. The fourth-order valence-corrected chi connectivity index (χ4v) is 2.26. The molecule has 2 aromatic heterocycles. The second-order valence-electron chi connectivity index (χ2n) is 5.32. The van der Waals surface area contributed by atoms with Gasteiger partial charge in [0.2, 0.25) is 5.89 Å². The van der Waals surface area contributed by atoms with Gasteiger partial charge in [0, 0.05) is 23.0 Å². The molecule has 104 valence electrons. The third kappa shape index (κ3) is 2.32. The third-order valence-corrected chi connectivity index (χ3v) is 3.41. The van der Waals surface area contributed by atoms with Crippen molar-refractivity contribution in [3.05, 3.63) is 47.7 Å². The van der Waals surface area contributed by atoms with Crippen LogP contribution in [0.2, 0.25) is 0 Å². The summed E-state index contributed by atoms with van der Waals surface area (Å²) in [5.74, 6) is 1.45. The summed E-state index contributed by atoms with van der Waals surface area (Å²) in [5.41, 5.74) is 8.46. The molecule has 1 atom stereocenters. The van der Waals surface area contributed by atoms with Crippen molar-refractivity contribution in [1.82, 2.24) is 15.1 Å². The number of fused-ring (bicyclic) bond motifs is 1. The summed E-state index contributed by atoms with van der Waals surface area (Å²) in [6.45, 7) is 4.06. The number of hydrogen-bond acceptors (Lipinski definition) is 4. The molecule has 0 fully saturated rings. The molecule has 0 amide bonds. The fraction of sp³-hybridized carbons (Fsp3) is 0.333. The third-order valence-electron chi connectivity index (χ3n) is 3.41. The zero-order valence-electron chi connectivity index (χ0n) is 11.6. The molecule has 3 aromatic rings. The molecule has 0 radical (unpaired) electrons. The van der Waals surface area contributed by atoms with E-state index in [1.54, 1.807) is 0 Å². The SMILES string of the molecule is CC(C)c1noc([C@H](N)Cc2c[nH]c3ccccc23)n1. The van der Waals surface area contributed by atoms with Crippen LogP contribution in [0.1, 0.15) is 43.1 Å². The minimum atomic E-state index is -0.283. The van der Waals surface area contributed by atoms with Crippen LogP contribution in [-0.4, -0.2) is 15.1 Å². The lowest BCUT2D eigenvalue weighted by Crippen LogP contribution is -2.13. The Morgan fingerprint density at radius 1 is 1.30 bits per heavy atom. The molecule has 0 saturated heterocycles. The minimum Gasteiger partial charge on any atom is -0.361 e. The Kier molecular flexibility index (Phi) is 3.28. The summed E-state index contributed by atoms with van der Waals surface area (Å²) in [6.07, 6.45) is 2.66. The van der Waals surface area contributed by atoms with Gasteiger partial charge in [0.25, 0.3) is 0 Å². The van der Waals surface area contributed by atoms with Crippen molar-refractivity contribution in [3.8, 4) is 0 Å². The van der Waals surface area contributed by atoms with Gasteiger partial charge in [-0.05, 0) is 18.1 Å². The largest absolute Gasteiger partial charge is 0.361 e. The Labute approximate surface area is 117 Å². The highest BCUT2D eigenvalue weighted by molar-refractivity contribution is 5.83. The topological polar surface area (TPSA) is 80.7 Å². The lowest BCUT2D eigenvalue weighted by molar-refractivity contribution is 0.349. The van der Waals surface area contributed by atoms with Gasteiger partial charge in [0.15, 0.2) is 5.82 Å². The number of aromatic amines is 1. The summed E-state index contributed by atoms with van der Waals surface area (Å²) < 4.78 is 5.25. The van der Waals surface area contributed by atoms with E-state index in [1.165, 1.54) is 5.39 Å². The van der Waals surface area contributed by atoms with E-state index < -0.39 is 0 Å². The van der Waals surface area contributed by atoms with E-state index in [1.807, 2.05) is 38.2 Å². The maximum Gasteiger partial charge on any atom is 0.243 e. The Bertz CT molecular complexity index is 713. The van der Waals surface area contributed by atoms with Gasteiger partial charge in [-0.3, -0.25) is 0 Å². The van der Waals surface area contributed by atoms with E-state index in [9.17, 15) is 0 Å². The van der Waals surface area contributed by atoms with Crippen LogP contribution in [0.4, 0.5) is 0 Å². The van der Waals surface area contributed by atoms with Gasteiger partial charge < -0.3 is 15.2 Å². The lowest BCUT2D eigenvalue weighted by atomic mass is 10.1. The van der Waals surface area contributed by atoms with Crippen LogP contribution >= 0.6 is 0 Å². The van der Waals surface area contributed by atoms with Gasteiger partial charge in [-0.25, -0.2) is 0 Å². The van der Waals surface area contributed by atoms with Gasteiger partial charge in [-0.1, -0.05) is 37.2 Å². The number of para-hydroxylation sites is 1. The number of aromatic nitrogens is 3. The van der Waals surface area contributed by atoms with Crippen LogP contribution in [-0.2, 0) is 6.42 Å². The number of nitrogens with zero attached hydrogens (tertiary/aromatic N) is 2. The zero-order valence-corrected chi connectivity index (χ0v) is 11.6. The fourth-order valence-electron chi connectivity index (χ4n) is 2.26. The maximum absolute atomic E-state index is 6.18. The molecule has 0 bridgehead atoms. The second-order valence-corrected chi connectivity index (χ2v) is 5.32. The van der Waals surface area contributed by atoms with Gasteiger partial charge in [0.1, 0.15) is 0 Å². The first-order chi connectivity index (χ1) is 9.65. The van der Waals surface area contributed by atoms with E-state index in [0.29, 0.717) is 18.1 Å². The van der Waals surface area contributed by atoms with Crippen molar-refractivity contribution in [2.75, 3.05) is 0 Å². The molecule has 20 heavy (non-hydrogen) atoms. The van der Waals surface area contributed by atoms with E-state index in [-0.39, 0.29) is 12.0 Å². The molecule has 2 heterocycles. The number of nitrogens with two attached hydrogens (primary N) is 1. The molecule has 0 unspecified atom stereocenters. The van der Waals surface area contributed by atoms with Crippen molar-refractivity contribution < 1.29 is 4.52 Å². The van der Waals surface area contributed by atoms with Crippen LogP contribution in [0.5, 0.6) is 0 Å². The summed E-state index contributed by atoms with van der Waals surface area (Å²) in [6, 6.07) is 7.88. The van der Waals surface area contributed by atoms with Crippen LogP contribution in [0, 0.1) is 0 Å². The smallest absolute Gasteiger partial charge is 0.243 e. The van der Waals surface area contributed by atoms with Crippen molar-refractivity contribution in [2.24, 2.45) is 5.73 Å². The molecule has 0 aliphatic carbocycles. The summed E-state index contributed by atoms with van der Waals surface area (Å²) in [7, 11) is 0. The number of benzene rings is 1. The first kappa shape index (κ1) is 12.9. The Morgan fingerprint density at radius 3 is 2.85 bits per heavy atom. The van der Waals surface area contributed by atoms with Gasteiger partial charge in [0.05, 0.1) is 6.04 Å². The van der Waals surface area contributed by atoms with Crippen LogP contribution in [0.15, 0.2) is 35.0 Å². The summed E-state index contributed by atoms with van der Waals surface area (Å²) in [5, 5.41) is 5.14. The Hall–Kier alpha value is -2.14. The van der Waals surface area contributed by atoms with Crippen molar-refractivity contribution >= 4 is 10.9 Å². The molecule has 3 rings (SSSR count). The maximum atomic E-state index is 6.18. The number of nitrogens with one attached hydrogen (secondary N) is 1.